The second kappa shape index (κ2) is 6.39. The fourth-order valence-electron chi connectivity index (χ4n) is 3.98. The van der Waals surface area contributed by atoms with Gasteiger partial charge in [-0.05, 0) is 54.9 Å². The smallest absolute Gasteiger partial charge is 0.226 e. The van der Waals surface area contributed by atoms with Crippen molar-refractivity contribution >= 4 is 5.91 Å². The Bertz CT molecular complexity index is 712. The number of nitrogens with zero attached hydrogens (tertiary/aromatic N) is 1. The Morgan fingerprint density at radius 2 is 1.83 bits per heavy atom. The molecule has 3 atom stereocenters. The van der Waals surface area contributed by atoms with Crippen LogP contribution < -0.4 is 0 Å². The van der Waals surface area contributed by atoms with Crippen LogP contribution in [0.3, 0.4) is 0 Å². The number of likely N-dealkylation sites (tertiary alicyclic amines) is 1. The molecule has 2 aliphatic rings. The Hall–Kier alpha value is -2.16. The van der Waals surface area contributed by atoms with E-state index < -0.39 is 0 Å². The van der Waals surface area contributed by atoms with Crippen LogP contribution in [0.4, 0.5) is 4.39 Å². The van der Waals surface area contributed by atoms with Crippen molar-refractivity contribution in [2.24, 2.45) is 5.92 Å². The third-order valence-electron chi connectivity index (χ3n) is 5.38. The summed E-state index contributed by atoms with van der Waals surface area (Å²) in [4.78, 5) is 15.0. The SMILES string of the molecule is O=C(C1CC1c1ccc(F)cc1)N1CCCC1Cc1ccccc1. The molecule has 1 saturated heterocycles. The van der Waals surface area contributed by atoms with Crippen molar-refractivity contribution < 1.29 is 9.18 Å². The van der Waals surface area contributed by atoms with Gasteiger partial charge in [-0.15, -0.1) is 0 Å². The van der Waals surface area contributed by atoms with E-state index in [9.17, 15) is 9.18 Å². The summed E-state index contributed by atoms with van der Waals surface area (Å²) >= 11 is 0. The lowest BCUT2D eigenvalue weighted by molar-refractivity contribution is -0.133. The topological polar surface area (TPSA) is 20.3 Å². The third-order valence-corrected chi connectivity index (χ3v) is 5.38. The molecule has 1 heterocycles. The van der Waals surface area contributed by atoms with Crippen molar-refractivity contribution in [1.82, 2.24) is 4.90 Å². The van der Waals surface area contributed by atoms with Crippen LogP contribution in [0, 0.1) is 11.7 Å². The molecule has 3 heteroatoms. The highest BCUT2D eigenvalue weighted by Crippen LogP contribution is 2.49. The molecule has 0 radical (unpaired) electrons. The zero-order chi connectivity index (χ0) is 16.5. The van der Waals surface area contributed by atoms with E-state index in [4.69, 9.17) is 0 Å². The Morgan fingerprint density at radius 3 is 2.58 bits per heavy atom. The fourth-order valence-corrected chi connectivity index (χ4v) is 3.98. The van der Waals surface area contributed by atoms with Crippen LogP contribution in [0.15, 0.2) is 54.6 Å². The summed E-state index contributed by atoms with van der Waals surface area (Å²) in [7, 11) is 0. The van der Waals surface area contributed by atoms with Gasteiger partial charge in [0, 0.05) is 18.5 Å². The molecule has 3 unspecified atom stereocenters. The molecule has 1 amide bonds. The van der Waals surface area contributed by atoms with E-state index in [0.717, 1.165) is 37.8 Å². The molecular formula is C21H22FNO. The van der Waals surface area contributed by atoms with Gasteiger partial charge in [0.2, 0.25) is 5.91 Å². The number of hydrogen-bond acceptors (Lipinski definition) is 1. The molecule has 24 heavy (non-hydrogen) atoms. The maximum atomic E-state index is 13.1. The molecule has 0 bridgehead atoms. The van der Waals surface area contributed by atoms with E-state index in [1.807, 2.05) is 18.2 Å². The predicted molar refractivity (Wildman–Crippen MR) is 92.1 cm³/mol. The molecule has 2 fully saturated rings. The highest BCUT2D eigenvalue weighted by molar-refractivity contribution is 5.83. The molecule has 1 aliphatic heterocycles. The summed E-state index contributed by atoms with van der Waals surface area (Å²) in [6.45, 7) is 0.878. The molecule has 0 aromatic heterocycles. The van der Waals surface area contributed by atoms with Gasteiger partial charge < -0.3 is 4.90 Å². The van der Waals surface area contributed by atoms with Gasteiger partial charge in [0.05, 0.1) is 0 Å². The number of rotatable bonds is 4. The average molecular weight is 323 g/mol. The standard InChI is InChI=1S/C21H22FNO/c22-17-10-8-16(9-11-17)19-14-20(19)21(24)23-12-4-7-18(23)13-15-5-2-1-3-6-15/h1-3,5-6,8-11,18-20H,4,7,12-14H2. The molecule has 0 spiro atoms. The van der Waals surface area contributed by atoms with Gasteiger partial charge in [-0.1, -0.05) is 42.5 Å². The minimum Gasteiger partial charge on any atom is -0.339 e. The Kier molecular flexibility index (Phi) is 4.09. The van der Waals surface area contributed by atoms with Gasteiger partial charge in [-0.3, -0.25) is 4.79 Å². The first-order chi connectivity index (χ1) is 11.7. The van der Waals surface area contributed by atoms with Crippen LogP contribution in [0.1, 0.15) is 36.3 Å². The van der Waals surface area contributed by atoms with Crippen LogP contribution in [0.2, 0.25) is 0 Å². The molecule has 2 nitrogen and oxygen atoms in total. The van der Waals surface area contributed by atoms with Crippen molar-refractivity contribution in [2.45, 2.75) is 37.6 Å². The van der Waals surface area contributed by atoms with Crippen molar-refractivity contribution in [3.8, 4) is 0 Å². The first kappa shape index (κ1) is 15.4. The van der Waals surface area contributed by atoms with Crippen molar-refractivity contribution in [3.63, 3.8) is 0 Å². The summed E-state index contributed by atoms with van der Waals surface area (Å²) in [5, 5.41) is 0. The Balaban J connectivity index is 1.42. The van der Waals surface area contributed by atoms with Gasteiger partial charge in [0.25, 0.3) is 0 Å². The van der Waals surface area contributed by atoms with Crippen LogP contribution in [0.5, 0.6) is 0 Å². The summed E-state index contributed by atoms with van der Waals surface area (Å²) in [6, 6.07) is 17.4. The number of halogens is 1. The highest BCUT2D eigenvalue weighted by atomic mass is 19.1. The summed E-state index contributed by atoms with van der Waals surface area (Å²) in [5.74, 6) is 0.440. The maximum absolute atomic E-state index is 13.1. The number of amides is 1. The average Bonchev–Trinajstić information content (AvgIpc) is 3.28. The Labute approximate surface area is 142 Å². The van der Waals surface area contributed by atoms with E-state index in [2.05, 4.69) is 29.2 Å². The van der Waals surface area contributed by atoms with Crippen molar-refractivity contribution in [1.29, 1.82) is 0 Å². The lowest BCUT2D eigenvalue weighted by Crippen LogP contribution is -2.38. The van der Waals surface area contributed by atoms with Crippen LogP contribution in [0.25, 0.3) is 0 Å². The molecule has 2 aromatic rings. The van der Waals surface area contributed by atoms with E-state index in [1.54, 1.807) is 0 Å². The number of carbonyl (C=O) groups is 1. The normalized spacial score (nSPS) is 25.7. The van der Waals surface area contributed by atoms with Crippen molar-refractivity contribution in [3.05, 3.63) is 71.5 Å². The largest absolute Gasteiger partial charge is 0.339 e. The number of carbonyl (C=O) groups excluding carboxylic acids is 1. The number of benzene rings is 2. The van der Waals surface area contributed by atoms with Crippen LogP contribution in [-0.4, -0.2) is 23.4 Å². The molecule has 0 N–H and O–H groups in total. The molecule has 2 aromatic carbocycles. The molecular weight excluding hydrogens is 301 g/mol. The van der Waals surface area contributed by atoms with Gasteiger partial charge in [-0.25, -0.2) is 4.39 Å². The van der Waals surface area contributed by atoms with Gasteiger partial charge in [0.15, 0.2) is 0 Å². The Morgan fingerprint density at radius 1 is 1.08 bits per heavy atom. The minimum atomic E-state index is -0.218. The minimum absolute atomic E-state index is 0.0897. The summed E-state index contributed by atoms with van der Waals surface area (Å²) in [5.41, 5.74) is 2.39. The van der Waals surface area contributed by atoms with E-state index in [-0.39, 0.29) is 17.7 Å². The summed E-state index contributed by atoms with van der Waals surface area (Å²) < 4.78 is 13.1. The maximum Gasteiger partial charge on any atom is 0.226 e. The lowest BCUT2D eigenvalue weighted by Gasteiger charge is -2.25. The van der Waals surface area contributed by atoms with Gasteiger partial charge in [-0.2, -0.15) is 0 Å². The van der Waals surface area contributed by atoms with Gasteiger partial charge in [0.1, 0.15) is 5.82 Å². The first-order valence-electron chi connectivity index (χ1n) is 8.82. The summed E-state index contributed by atoms with van der Waals surface area (Å²) in [6.07, 6.45) is 4.03. The first-order valence-corrected chi connectivity index (χ1v) is 8.82. The highest BCUT2D eigenvalue weighted by Gasteiger charge is 2.47. The molecule has 1 aliphatic carbocycles. The number of hydrogen-bond donors (Lipinski definition) is 0. The van der Waals surface area contributed by atoms with Crippen LogP contribution >= 0.6 is 0 Å². The molecule has 1 saturated carbocycles. The van der Waals surface area contributed by atoms with Gasteiger partial charge >= 0.3 is 0 Å². The van der Waals surface area contributed by atoms with E-state index in [1.165, 1.54) is 17.7 Å². The third kappa shape index (κ3) is 3.08. The van der Waals surface area contributed by atoms with Crippen molar-refractivity contribution in [2.75, 3.05) is 6.54 Å². The van der Waals surface area contributed by atoms with Crippen LogP contribution in [-0.2, 0) is 11.2 Å². The zero-order valence-corrected chi connectivity index (χ0v) is 13.7. The second-order valence-corrected chi connectivity index (χ2v) is 7.02. The quantitative estimate of drug-likeness (QED) is 0.827. The predicted octanol–water partition coefficient (Wildman–Crippen LogP) is 4.16. The van der Waals surface area contributed by atoms with E-state index >= 15 is 0 Å². The monoisotopic (exact) mass is 323 g/mol. The molecule has 4 rings (SSSR count). The van der Waals surface area contributed by atoms with E-state index in [0.29, 0.717) is 11.9 Å². The second-order valence-electron chi connectivity index (χ2n) is 7.02. The zero-order valence-electron chi connectivity index (χ0n) is 13.7. The molecule has 124 valence electrons. The fraction of sp³-hybridized carbons (Fsp3) is 0.381. The lowest BCUT2D eigenvalue weighted by atomic mass is 10.0.